The van der Waals surface area contributed by atoms with Gasteiger partial charge in [-0.3, -0.25) is 10.1 Å². The maximum atomic E-state index is 10.7. The summed E-state index contributed by atoms with van der Waals surface area (Å²) in [5.41, 5.74) is 1.88. The van der Waals surface area contributed by atoms with Crippen LogP contribution in [0.25, 0.3) is 11.0 Å². The molecular weight excluding hydrogens is 308 g/mol. The van der Waals surface area contributed by atoms with Crippen LogP contribution in [0.2, 0.25) is 0 Å². The highest BCUT2D eigenvalue weighted by atomic mass is 32.1. The van der Waals surface area contributed by atoms with E-state index < -0.39 is 4.92 Å². The van der Waals surface area contributed by atoms with Gasteiger partial charge in [-0.1, -0.05) is 23.5 Å². The molecule has 0 aliphatic rings. The van der Waals surface area contributed by atoms with Crippen molar-refractivity contribution in [3.63, 3.8) is 0 Å². The number of imidazole rings is 1. The van der Waals surface area contributed by atoms with Gasteiger partial charge in [0.1, 0.15) is 0 Å². The van der Waals surface area contributed by atoms with Crippen molar-refractivity contribution in [1.82, 2.24) is 9.24 Å². The first-order chi connectivity index (χ1) is 10.1. The normalized spacial score (nSPS) is 11.5. The molecule has 0 saturated heterocycles. The van der Waals surface area contributed by atoms with Gasteiger partial charge < -0.3 is 4.57 Å². The molecule has 0 radical (unpaired) electrons. The average Bonchev–Trinajstić information content (AvgIpc) is 3.04. The van der Waals surface area contributed by atoms with Crippen molar-refractivity contribution < 1.29 is 4.92 Å². The Morgan fingerprint density at radius 2 is 2.00 bits per heavy atom. The molecular formula is C13H10N4O2S2. The van der Waals surface area contributed by atoms with Crippen molar-refractivity contribution in [1.29, 1.82) is 0 Å². The molecule has 21 heavy (non-hydrogen) atoms. The van der Waals surface area contributed by atoms with Gasteiger partial charge >= 0.3 is 5.00 Å². The minimum absolute atomic E-state index is 0.0953. The number of aryl methyl sites for hydroxylation is 1. The van der Waals surface area contributed by atoms with Crippen molar-refractivity contribution >= 4 is 45.8 Å². The number of aromatic nitrogens is 2. The lowest BCUT2D eigenvalue weighted by atomic mass is 10.3. The largest absolute Gasteiger partial charge is 0.324 e. The van der Waals surface area contributed by atoms with Crippen LogP contribution in [0.15, 0.2) is 41.5 Å². The molecule has 0 atom stereocenters. The Morgan fingerprint density at radius 1 is 1.29 bits per heavy atom. The number of nitro groups is 1. The van der Waals surface area contributed by atoms with E-state index >= 15 is 0 Å². The summed E-state index contributed by atoms with van der Waals surface area (Å²) in [6.07, 6.45) is 1.58. The predicted molar refractivity (Wildman–Crippen MR) is 85.7 cm³/mol. The van der Waals surface area contributed by atoms with Gasteiger partial charge in [0.15, 0.2) is 0 Å². The third-order valence-electron chi connectivity index (χ3n) is 3.03. The second-order valence-electron chi connectivity index (χ2n) is 4.32. The van der Waals surface area contributed by atoms with Crippen LogP contribution in [0.3, 0.4) is 0 Å². The summed E-state index contributed by atoms with van der Waals surface area (Å²) in [6, 6.07) is 10.9. The van der Waals surface area contributed by atoms with Crippen LogP contribution in [0.5, 0.6) is 0 Å². The zero-order valence-electron chi connectivity index (χ0n) is 11.0. The number of fused-ring (bicyclic) bond motifs is 1. The second-order valence-corrected chi connectivity index (χ2v) is 5.78. The highest BCUT2D eigenvalue weighted by Gasteiger charge is 2.09. The number of rotatable bonds is 3. The summed E-state index contributed by atoms with van der Waals surface area (Å²) in [6.45, 7) is 0. The molecule has 3 aromatic rings. The molecule has 0 aliphatic heterocycles. The van der Waals surface area contributed by atoms with Gasteiger partial charge in [-0.25, -0.2) is 4.68 Å². The number of hydrogen-bond acceptors (Lipinski definition) is 5. The van der Waals surface area contributed by atoms with Gasteiger partial charge in [0.05, 0.1) is 27.0 Å². The highest BCUT2D eigenvalue weighted by Crippen LogP contribution is 2.23. The van der Waals surface area contributed by atoms with E-state index in [2.05, 4.69) is 5.10 Å². The topological polar surface area (TPSA) is 65.4 Å². The van der Waals surface area contributed by atoms with Crippen LogP contribution in [-0.4, -0.2) is 20.4 Å². The molecule has 0 fully saturated rings. The summed E-state index contributed by atoms with van der Waals surface area (Å²) < 4.78 is 4.09. The molecule has 0 amide bonds. The summed E-state index contributed by atoms with van der Waals surface area (Å²) >= 11 is 6.44. The Hall–Kier alpha value is -2.32. The van der Waals surface area contributed by atoms with Gasteiger partial charge in [0.2, 0.25) is 4.77 Å². The molecule has 0 aliphatic carbocycles. The molecule has 0 bridgehead atoms. The Morgan fingerprint density at radius 3 is 2.67 bits per heavy atom. The van der Waals surface area contributed by atoms with Gasteiger partial charge in [0, 0.05) is 13.1 Å². The van der Waals surface area contributed by atoms with E-state index in [1.54, 1.807) is 17.0 Å². The fourth-order valence-electron chi connectivity index (χ4n) is 2.01. The van der Waals surface area contributed by atoms with Gasteiger partial charge in [-0.2, -0.15) is 5.10 Å². The van der Waals surface area contributed by atoms with Crippen LogP contribution >= 0.6 is 23.6 Å². The van der Waals surface area contributed by atoms with Crippen LogP contribution in [0, 0.1) is 14.9 Å². The summed E-state index contributed by atoms with van der Waals surface area (Å²) in [5, 5.41) is 15.1. The van der Waals surface area contributed by atoms with E-state index in [0.29, 0.717) is 9.65 Å². The first-order valence-corrected chi connectivity index (χ1v) is 7.25. The molecule has 8 heteroatoms. The van der Waals surface area contributed by atoms with Crippen molar-refractivity contribution in [2.75, 3.05) is 0 Å². The van der Waals surface area contributed by atoms with Gasteiger partial charge in [-0.05, 0) is 30.4 Å². The van der Waals surface area contributed by atoms with Crippen LogP contribution in [-0.2, 0) is 7.05 Å². The van der Waals surface area contributed by atoms with Gasteiger partial charge in [0.25, 0.3) is 0 Å². The van der Waals surface area contributed by atoms with Crippen LogP contribution in [0.4, 0.5) is 5.00 Å². The molecule has 1 aromatic carbocycles. The van der Waals surface area contributed by atoms with Crippen molar-refractivity contribution in [2.45, 2.75) is 0 Å². The van der Waals surface area contributed by atoms with E-state index in [1.807, 2.05) is 35.9 Å². The predicted octanol–water partition coefficient (Wildman–Crippen LogP) is 3.56. The summed E-state index contributed by atoms with van der Waals surface area (Å²) in [7, 11) is 1.88. The number of hydrogen-bond donors (Lipinski definition) is 0. The van der Waals surface area contributed by atoms with E-state index in [9.17, 15) is 10.1 Å². The monoisotopic (exact) mass is 318 g/mol. The van der Waals surface area contributed by atoms with E-state index in [0.717, 1.165) is 22.4 Å². The quantitative estimate of drug-likeness (QED) is 0.321. The Balaban J connectivity index is 2.05. The highest BCUT2D eigenvalue weighted by molar-refractivity contribution is 7.71. The molecule has 106 valence electrons. The van der Waals surface area contributed by atoms with E-state index in [4.69, 9.17) is 12.2 Å². The Kier molecular flexibility index (Phi) is 3.40. The third kappa shape index (κ3) is 2.39. The van der Waals surface area contributed by atoms with E-state index in [1.165, 1.54) is 6.07 Å². The smallest absolute Gasteiger partial charge is 0.318 e. The lowest BCUT2D eigenvalue weighted by Gasteiger charge is -1.94. The minimum atomic E-state index is -0.411. The SMILES string of the molecule is Cn1c(=S)n(N=Cc2ccc([N+](=O)[O-])s2)c2ccccc21. The number of para-hydroxylation sites is 2. The molecule has 0 unspecified atom stereocenters. The molecule has 0 N–H and O–H groups in total. The van der Waals surface area contributed by atoms with Crippen LogP contribution < -0.4 is 0 Å². The third-order valence-corrected chi connectivity index (χ3v) is 4.45. The fraction of sp³-hybridized carbons (Fsp3) is 0.0769. The molecule has 3 rings (SSSR count). The summed E-state index contributed by atoms with van der Waals surface area (Å²) in [4.78, 5) is 11.0. The zero-order chi connectivity index (χ0) is 15.0. The second kappa shape index (κ2) is 5.23. The number of benzene rings is 1. The molecule has 2 heterocycles. The van der Waals surface area contributed by atoms with Crippen molar-refractivity contribution in [3.05, 3.63) is 56.2 Å². The van der Waals surface area contributed by atoms with Crippen molar-refractivity contribution in [2.24, 2.45) is 12.1 Å². The Bertz CT molecular complexity index is 920. The molecule has 6 nitrogen and oxygen atoms in total. The first kappa shape index (κ1) is 13.7. The molecule has 0 saturated carbocycles. The lowest BCUT2D eigenvalue weighted by molar-refractivity contribution is -0.380. The fourth-order valence-corrected chi connectivity index (χ4v) is 2.94. The Labute approximate surface area is 128 Å². The van der Waals surface area contributed by atoms with Crippen LogP contribution in [0.1, 0.15) is 4.88 Å². The van der Waals surface area contributed by atoms with Crippen molar-refractivity contribution in [3.8, 4) is 0 Å². The number of nitrogens with zero attached hydrogens (tertiary/aromatic N) is 4. The zero-order valence-corrected chi connectivity index (χ0v) is 12.6. The van der Waals surface area contributed by atoms with Gasteiger partial charge in [-0.15, -0.1) is 0 Å². The maximum Gasteiger partial charge on any atom is 0.324 e. The maximum absolute atomic E-state index is 10.7. The summed E-state index contributed by atoms with van der Waals surface area (Å²) in [5.74, 6) is 0. The standard InChI is InChI=1S/C13H10N4O2S2/c1-15-10-4-2-3-5-11(10)16(13(15)20)14-8-9-6-7-12(21-9)17(18)19/h2-8H,1H3. The molecule has 0 spiro atoms. The van der Waals surface area contributed by atoms with E-state index in [-0.39, 0.29) is 5.00 Å². The molecule has 2 aromatic heterocycles. The number of thiophene rings is 1. The average molecular weight is 318 g/mol. The minimum Gasteiger partial charge on any atom is -0.318 e. The lowest BCUT2D eigenvalue weighted by Crippen LogP contribution is -1.92. The first-order valence-electron chi connectivity index (χ1n) is 6.03.